The second-order valence-electron chi connectivity index (χ2n) is 4.47. The predicted octanol–water partition coefficient (Wildman–Crippen LogP) is 3.15. The molecule has 0 aliphatic carbocycles. The van der Waals surface area contributed by atoms with Crippen LogP contribution >= 0.6 is 0 Å². The molecule has 0 N–H and O–H groups in total. The van der Waals surface area contributed by atoms with Crippen molar-refractivity contribution in [2.24, 2.45) is 0 Å². The van der Waals surface area contributed by atoms with Gasteiger partial charge in [-0.25, -0.2) is 0 Å². The van der Waals surface area contributed by atoms with Crippen molar-refractivity contribution in [3.05, 3.63) is 33.9 Å². The molecule has 1 aromatic rings. The van der Waals surface area contributed by atoms with Gasteiger partial charge in [-0.15, -0.1) is 0 Å². The van der Waals surface area contributed by atoms with Crippen LogP contribution in [0.4, 0.5) is 11.4 Å². The maximum absolute atomic E-state index is 10.7. The van der Waals surface area contributed by atoms with Gasteiger partial charge in [-0.05, 0) is 37.3 Å². The van der Waals surface area contributed by atoms with E-state index in [1.54, 1.807) is 12.1 Å². The molecule has 0 radical (unpaired) electrons. The smallest absolute Gasteiger partial charge is 0.269 e. The standard InChI is InChI=1S/C13H18N2O2/c1-2-11-10-12(15(16)17)6-7-13(11)14-8-4-3-5-9-14/h6-7,10H,2-5,8-9H2,1H3. The highest BCUT2D eigenvalue weighted by atomic mass is 16.6. The molecule has 0 saturated carbocycles. The third kappa shape index (κ3) is 2.57. The molecule has 0 spiro atoms. The number of piperidine rings is 1. The van der Waals surface area contributed by atoms with Crippen molar-refractivity contribution in [1.29, 1.82) is 0 Å². The normalized spacial score (nSPS) is 15.9. The SMILES string of the molecule is CCc1cc([N+](=O)[O-])ccc1N1CCCCC1. The number of aryl methyl sites for hydroxylation is 1. The number of anilines is 1. The molecule has 4 nitrogen and oxygen atoms in total. The summed E-state index contributed by atoms with van der Waals surface area (Å²) in [4.78, 5) is 12.8. The molecular formula is C13H18N2O2. The first-order valence-corrected chi connectivity index (χ1v) is 6.24. The summed E-state index contributed by atoms with van der Waals surface area (Å²) in [5.41, 5.74) is 2.46. The zero-order valence-electron chi connectivity index (χ0n) is 10.2. The summed E-state index contributed by atoms with van der Waals surface area (Å²) in [7, 11) is 0. The maximum atomic E-state index is 10.7. The highest BCUT2D eigenvalue weighted by molar-refractivity contribution is 5.58. The highest BCUT2D eigenvalue weighted by Crippen LogP contribution is 2.28. The minimum atomic E-state index is -0.320. The summed E-state index contributed by atoms with van der Waals surface area (Å²) in [5.74, 6) is 0. The average molecular weight is 234 g/mol. The molecule has 1 aromatic carbocycles. The van der Waals surface area contributed by atoms with E-state index in [-0.39, 0.29) is 10.6 Å². The lowest BCUT2D eigenvalue weighted by molar-refractivity contribution is -0.384. The number of nitro groups is 1. The van der Waals surface area contributed by atoms with Gasteiger partial charge < -0.3 is 4.90 Å². The van der Waals surface area contributed by atoms with Crippen molar-refractivity contribution in [3.8, 4) is 0 Å². The Bertz CT molecular complexity index is 412. The quantitative estimate of drug-likeness (QED) is 0.596. The van der Waals surface area contributed by atoms with E-state index in [1.165, 1.54) is 24.9 Å². The molecule has 1 aliphatic heterocycles. The molecule has 0 amide bonds. The fourth-order valence-corrected chi connectivity index (χ4v) is 2.41. The Morgan fingerprint density at radius 3 is 2.59 bits per heavy atom. The Labute approximate surface area is 101 Å². The third-order valence-corrected chi connectivity index (χ3v) is 3.35. The molecule has 0 unspecified atom stereocenters. The van der Waals surface area contributed by atoms with E-state index in [2.05, 4.69) is 4.90 Å². The fraction of sp³-hybridized carbons (Fsp3) is 0.538. The molecule has 0 bridgehead atoms. The van der Waals surface area contributed by atoms with E-state index < -0.39 is 0 Å². The number of hydrogen-bond donors (Lipinski definition) is 0. The van der Waals surface area contributed by atoms with Crippen LogP contribution in [0.25, 0.3) is 0 Å². The van der Waals surface area contributed by atoms with E-state index >= 15 is 0 Å². The summed E-state index contributed by atoms with van der Waals surface area (Å²) >= 11 is 0. The first kappa shape index (κ1) is 11.9. The van der Waals surface area contributed by atoms with Gasteiger partial charge in [-0.2, -0.15) is 0 Å². The van der Waals surface area contributed by atoms with Gasteiger partial charge in [0.25, 0.3) is 5.69 Å². The lowest BCUT2D eigenvalue weighted by Gasteiger charge is -2.30. The van der Waals surface area contributed by atoms with Gasteiger partial charge in [0.05, 0.1) is 4.92 Å². The van der Waals surface area contributed by atoms with Crippen LogP contribution in [0.15, 0.2) is 18.2 Å². The first-order valence-electron chi connectivity index (χ1n) is 6.24. The monoisotopic (exact) mass is 234 g/mol. The van der Waals surface area contributed by atoms with E-state index in [0.29, 0.717) is 0 Å². The van der Waals surface area contributed by atoms with E-state index in [4.69, 9.17) is 0 Å². The van der Waals surface area contributed by atoms with Crippen LogP contribution < -0.4 is 4.90 Å². The van der Waals surface area contributed by atoms with Gasteiger partial charge in [-0.1, -0.05) is 6.92 Å². The zero-order chi connectivity index (χ0) is 12.3. The number of non-ortho nitro benzene ring substituents is 1. The Kier molecular flexibility index (Phi) is 3.61. The van der Waals surface area contributed by atoms with Crippen molar-refractivity contribution in [2.45, 2.75) is 32.6 Å². The van der Waals surface area contributed by atoms with Gasteiger partial charge in [0.1, 0.15) is 0 Å². The van der Waals surface area contributed by atoms with Crippen molar-refractivity contribution in [2.75, 3.05) is 18.0 Å². The van der Waals surface area contributed by atoms with Crippen LogP contribution in [-0.4, -0.2) is 18.0 Å². The molecular weight excluding hydrogens is 216 g/mol. The molecule has 0 atom stereocenters. The lowest BCUT2D eigenvalue weighted by atomic mass is 10.0. The number of benzene rings is 1. The second-order valence-corrected chi connectivity index (χ2v) is 4.47. The topological polar surface area (TPSA) is 46.4 Å². The zero-order valence-corrected chi connectivity index (χ0v) is 10.2. The number of hydrogen-bond acceptors (Lipinski definition) is 3. The fourth-order valence-electron chi connectivity index (χ4n) is 2.41. The van der Waals surface area contributed by atoms with Gasteiger partial charge in [0.2, 0.25) is 0 Å². The lowest BCUT2D eigenvalue weighted by Crippen LogP contribution is -2.30. The summed E-state index contributed by atoms with van der Waals surface area (Å²) in [5, 5.41) is 10.7. The van der Waals surface area contributed by atoms with Crippen LogP contribution in [0.5, 0.6) is 0 Å². The largest absolute Gasteiger partial charge is 0.371 e. The van der Waals surface area contributed by atoms with Crippen LogP contribution in [0.3, 0.4) is 0 Å². The van der Waals surface area contributed by atoms with Gasteiger partial charge in [0.15, 0.2) is 0 Å². The number of nitro benzene ring substituents is 1. The molecule has 4 heteroatoms. The summed E-state index contributed by atoms with van der Waals surface area (Å²) in [6.45, 7) is 4.20. The van der Waals surface area contributed by atoms with Crippen LogP contribution in [0.1, 0.15) is 31.7 Å². The van der Waals surface area contributed by atoms with Crippen molar-refractivity contribution in [1.82, 2.24) is 0 Å². The molecule has 1 heterocycles. The Morgan fingerprint density at radius 2 is 2.00 bits per heavy atom. The average Bonchev–Trinajstić information content (AvgIpc) is 2.39. The predicted molar refractivity (Wildman–Crippen MR) is 68.5 cm³/mol. The summed E-state index contributed by atoms with van der Waals surface area (Å²) in [6.07, 6.45) is 4.58. The first-order chi connectivity index (χ1) is 8.22. The van der Waals surface area contributed by atoms with Crippen molar-refractivity contribution < 1.29 is 4.92 Å². The maximum Gasteiger partial charge on any atom is 0.269 e. The number of nitrogens with zero attached hydrogens (tertiary/aromatic N) is 2. The summed E-state index contributed by atoms with van der Waals surface area (Å²) < 4.78 is 0. The minimum Gasteiger partial charge on any atom is -0.371 e. The molecule has 2 rings (SSSR count). The minimum absolute atomic E-state index is 0.197. The van der Waals surface area contributed by atoms with Crippen LogP contribution in [0, 0.1) is 10.1 Å². The molecule has 0 aromatic heterocycles. The molecule has 1 fully saturated rings. The summed E-state index contributed by atoms with van der Waals surface area (Å²) in [6, 6.07) is 5.23. The molecule has 1 aliphatic rings. The number of rotatable bonds is 3. The Balaban J connectivity index is 2.29. The van der Waals surface area contributed by atoms with Crippen LogP contribution in [0.2, 0.25) is 0 Å². The third-order valence-electron chi connectivity index (χ3n) is 3.35. The van der Waals surface area contributed by atoms with E-state index in [1.807, 2.05) is 13.0 Å². The van der Waals surface area contributed by atoms with E-state index in [9.17, 15) is 10.1 Å². The van der Waals surface area contributed by atoms with Gasteiger partial charge in [-0.3, -0.25) is 10.1 Å². The second kappa shape index (κ2) is 5.17. The van der Waals surface area contributed by atoms with Gasteiger partial charge in [0, 0.05) is 30.9 Å². The Hall–Kier alpha value is -1.58. The van der Waals surface area contributed by atoms with E-state index in [0.717, 1.165) is 25.1 Å². The van der Waals surface area contributed by atoms with Crippen molar-refractivity contribution in [3.63, 3.8) is 0 Å². The molecule has 92 valence electrons. The highest BCUT2D eigenvalue weighted by Gasteiger charge is 2.16. The Morgan fingerprint density at radius 1 is 1.29 bits per heavy atom. The molecule has 17 heavy (non-hydrogen) atoms. The van der Waals surface area contributed by atoms with Crippen molar-refractivity contribution >= 4 is 11.4 Å². The van der Waals surface area contributed by atoms with Gasteiger partial charge >= 0.3 is 0 Å². The van der Waals surface area contributed by atoms with Crippen LogP contribution in [-0.2, 0) is 6.42 Å². The molecule has 1 saturated heterocycles.